The number of hydrogen-bond acceptors (Lipinski definition) is 7. The molecule has 1 aromatic carbocycles. The molecule has 27 heavy (non-hydrogen) atoms. The molecular formula is C19H20N4O4. The van der Waals surface area contributed by atoms with E-state index >= 15 is 0 Å². The minimum atomic E-state index is -0.295. The molecular weight excluding hydrogens is 348 g/mol. The van der Waals surface area contributed by atoms with Crippen molar-refractivity contribution in [3.05, 3.63) is 66.5 Å². The number of ether oxygens (including phenoxy) is 2. The summed E-state index contributed by atoms with van der Waals surface area (Å²) in [6, 6.07) is 12.5. The van der Waals surface area contributed by atoms with Crippen LogP contribution in [0.1, 0.15) is 16.2 Å². The number of hydrogen-bond donors (Lipinski definition) is 2. The number of nitrogens with zero attached hydrogens (tertiary/aromatic N) is 2. The predicted molar refractivity (Wildman–Crippen MR) is 98.9 cm³/mol. The number of aromatic nitrogens is 2. The number of nitrogens with one attached hydrogen (secondary N) is 2. The second kappa shape index (κ2) is 9.23. The topological polar surface area (TPSA) is 98.5 Å². The first-order chi connectivity index (χ1) is 13.2. The molecule has 1 amide bonds. The predicted octanol–water partition coefficient (Wildman–Crippen LogP) is 2.50. The number of furan rings is 1. The van der Waals surface area contributed by atoms with Crippen LogP contribution in [0.2, 0.25) is 0 Å². The van der Waals surface area contributed by atoms with Crippen LogP contribution < -0.4 is 20.1 Å². The molecule has 0 spiro atoms. The summed E-state index contributed by atoms with van der Waals surface area (Å²) in [7, 11) is 1.61. The first-order valence-electron chi connectivity index (χ1n) is 8.38. The van der Waals surface area contributed by atoms with Crippen molar-refractivity contribution in [3.63, 3.8) is 0 Å². The van der Waals surface area contributed by atoms with E-state index in [0.717, 1.165) is 11.5 Å². The maximum absolute atomic E-state index is 12.2. The van der Waals surface area contributed by atoms with E-state index in [2.05, 4.69) is 20.6 Å². The van der Waals surface area contributed by atoms with Gasteiger partial charge in [0.15, 0.2) is 0 Å². The molecule has 8 heteroatoms. The van der Waals surface area contributed by atoms with Gasteiger partial charge in [-0.1, -0.05) is 0 Å². The zero-order valence-electron chi connectivity index (χ0n) is 14.8. The first kappa shape index (κ1) is 18.2. The van der Waals surface area contributed by atoms with Gasteiger partial charge in [-0.05, 0) is 36.4 Å². The Labute approximate surface area is 156 Å². The monoisotopic (exact) mass is 368 g/mol. The molecule has 0 unspecified atom stereocenters. The van der Waals surface area contributed by atoms with Crippen molar-refractivity contribution in [2.75, 3.05) is 25.6 Å². The highest BCUT2D eigenvalue weighted by molar-refractivity contribution is 5.92. The number of methoxy groups -OCH3 is 1. The summed E-state index contributed by atoms with van der Waals surface area (Å²) in [5.41, 5.74) is 0.274. The van der Waals surface area contributed by atoms with Gasteiger partial charge in [0.25, 0.3) is 5.91 Å². The lowest BCUT2D eigenvalue weighted by molar-refractivity contribution is 0.0942. The molecule has 0 aliphatic carbocycles. The molecule has 0 saturated carbocycles. The Bertz CT molecular complexity index is 850. The second-order valence-corrected chi connectivity index (χ2v) is 5.50. The molecule has 2 N–H and O–H groups in total. The van der Waals surface area contributed by atoms with E-state index < -0.39 is 0 Å². The van der Waals surface area contributed by atoms with Crippen molar-refractivity contribution in [3.8, 4) is 11.5 Å². The van der Waals surface area contributed by atoms with Crippen molar-refractivity contribution in [2.24, 2.45) is 0 Å². The lowest BCUT2D eigenvalue weighted by atomic mass is 10.3. The summed E-state index contributed by atoms with van der Waals surface area (Å²) < 4.78 is 15.9. The van der Waals surface area contributed by atoms with Gasteiger partial charge in [0.2, 0.25) is 0 Å². The Balaban J connectivity index is 1.43. The quantitative estimate of drug-likeness (QED) is 0.560. The highest BCUT2D eigenvalue weighted by Crippen LogP contribution is 2.16. The number of carbonyl (C=O) groups is 1. The van der Waals surface area contributed by atoms with Crippen LogP contribution in [0.4, 0.5) is 5.82 Å². The first-order valence-corrected chi connectivity index (χ1v) is 8.38. The van der Waals surface area contributed by atoms with Crippen LogP contribution in [-0.2, 0) is 6.54 Å². The van der Waals surface area contributed by atoms with Gasteiger partial charge in [0, 0.05) is 6.07 Å². The van der Waals surface area contributed by atoms with E-state index in [1.54, 1.807) is 19.4 Å². The molecule has 8 nitrogen and oxygen atoms in total. The molecule has 0 fully saturated rings. The van der Waals surface area contributed by atoms with Crippen molar-refractivity contribution in [2.45, 2.75) is 6.54 Å². The number of carbonyl (C=O) groups excluding carboxylic acids is 1. The number of anilines is 1. The normalized spacial score (nSPS) is 10.3. The second-order valence-electron chi connectivity index (χ2n) is 5.50. The zero-order chi connectivity index (χ0) is 18.9. The molecule has 0 saturated heterocycles. The fourth-order valence-corrected chi connectivity index (χ4v) is 2.26. The van der Waals surface area contributed by atoms with Gasteiger partial charge in [0.1, 0.15) is 41.7 Å². The van der Waals surface area contributed by atoms with E-state index in [0.29, 0.717) is 31.3 Å². The third kappa shape index (κ3) is 5.46. The van der Waals surface area contributed by atoms with Gasteiger partial charge in [-0.15, -0.1) is 0 Å². The number of amides is 1. The summed E-state index contributed by atoms with van der Waals surface area (Å²) in [4.78, 5) is 20.3. The molecule has 0 aliphatic rings. The zero-order valence-corrected chi connectivity index (χ0v) is 14.8. The van der Waals surface area contributed by atoms with Gasteiger partial charge in [-0.2, -0.15) is 0 Å². The van der Waals surface area contributed by atoms with Gasteiger partial charge < -0.3 is 24.5 Å². The smallest absolute Gasteiger partial charge is 0.270 e. The van der Waals surface area contributed by atoms with Crippen LogP contribution in [0.3, 0.4) is 0 Å². The summed E-state index contributed by atoms with van der Waals surface area (Å²) in [6.07, 6.45) is 2.94. The van der Waals surface area contributed by atoms with E-state index in [1.807, 2.05) is 36.4 Å². The standard InChI is InChI=1S/C19H20N4O4/c1-25-14-4-6-15(7-5-14)27-10-8-20-19(24)17-11-18(23-13-22-17)21-12-16-3-2-9-26-16/h2-7,9,11,13H,8,10,12H2,1H3,(H,20,24)(H,21,22,23). The third-order valence-electron chi connectivity index (χ3n) is 3.64. The van der Waals surface area contributed by atoms with Gasteiger partial charge >= 0.3 is 0 Å². The van der Waals surface area contributed by atoms with Gasteiger partial charge in [-0.3, -0.25) is 4.79 Å². The van der Waals surface area contributed by atoms with E-state index in [-0.39, 0.29) is 11.6 Å². The Kier molecular flexibility index (Phi) is 6.24. The summed E-state index contributed by atoms with van der Waals surface area (Å²) in [5.74, 6) is 2.49. The fraction of sp³-hybridized carbons (Fsp3) is 0.211. The molecule has 0 atom stereocenters. The van der Waals surface area contributed by atoms with E-state index in [1.165, 1.54) is 6.33 Å². The lowest BCUT2D eigenvalue weighted by Gasteiger charge is -2.09. The molecule has 0 radical (unpaired) electrons. The van der Waals surface area contributed by atoms with Gasteiger partial charge in [-0.25, -0.2) is 9.97 Å². The van der Waals surface area contributed by atoms with Crippen molar-refractivity contribution >= 4 is 11.7 Å². The molecule has 3 rings (SSSR count). The van der Waals surface area contributed by atoms with Gasteiger partial charge in [0.05, 0.1) is 26.5 Å². The van der Waals surface area contributed by atoms with Crippen LogP contribution >= 0.6 is 0 Å². The lowest BCUT2D eigenvalue weighted by Crippen LogP contribution is -2.29. The fourth-order valence-electron chi connectivity index (χ4n) is 2.26. The summed E-state index contributed by atoms with van der Waals surface area (Å²) in [5, 5.41) is 5.84. The highest BCUT2D eigenvalue weighted by atomic mass is 16.5. The van der Waals surface area contributed by atoms with Crippen LogP contribution in [0.25, 0.3) is 0 Å². The summed E-state index contributed by atoms with van der Waals surface area (Å²) in [6.45, 7) is 1.16. The Morgan fingerprint density at radius 2 is 1.96 bits per heavy atom. The Morgan fingerprint density at radius 1 is 1.15 bits per heavy atom. The molecule has 2 aromatic heterocycles. The van der Waals surface area contributed by atoms with Crippen molar-refractivity contribution < 1.29 is 18.7 Å². The minimum Gasteiger partial charge on any atom is -0.497 e. The Morgan fingerprint density at radius 3 is 2.70 bits per heavy atom. The van der Waals surface area contributed by atoms with Crippen LogP contribution in [0.15, 0.2) is 59.5 Å². The SMILES string of the molecule is COc1ccc(OCCNC(=O)c2cc(NCc3ccco3)ncn2)cc1. The average Bonchev–Trinajstić information content (AvgIpc) is 3.24. The largest absolute Gasteiger partial charge is 0.497 e. The van der Waals surface area contributed by atoms with Crippen LogP contribution in [0, 0.1) is 0 Å². The highest BCUT2D eigenvalue weighted by Gasteiger charge is 2.08. The van der Waals surface area contributed by atoms with E-state index in [9.17, 15) is 4.79 Å². The minimum absolute atomic E-state index is 0.274. The third-order valence-corrected chi connectivity index (χ3v) is 3.64. The van der Waals surface area contributed by atoms with Crippen molar-refractivity contribution in [1.29, 1.82) is 0 Å². The van der Waals surface area contributed by atoms with Crippen LogP contribution in [0.5, 0.6) is 11.5 Å². The number of benzene rings is 1. The molecule has 0 aliphatic heterocycles. The maximum atomic E-state index is 12.2. The van der Waals surface area contributed by atoms with E-state index in [4.69, 9.17) is 13.9 Å². The number of rotatable bonds is 9. The maximum Gasteiger partial charge on any atom is 0.270 e. The van der Waals surface area contributed by atoms with Crippen molar-refractivity contribution in [1.82, 2.24) is 15.3 Å². The Hall–Kier alpha value is -3.55. The molecule has 2 heterocycles. The molecule has 3 aromatic rings. The summed E-state index contributed by atoms with van der Waals surface area (Å²) >= 11 is 0. The average molecular weight is 368 g/mol. The van der Waals surface area contributed by atoms with Crippen LogP contribution in [-0.4, -0.2) is 36.1 Å². The molecule has 0 bridgehead atoms. The molecule has 140 valence electrons.